The Bertz CT molecular complexity index is 2030. The maximum Gasteiger partial charge on any atom is 0.128 e. The lowest BCUT2D eigenvalue weighted by atomic mass is 9.90. The number of aromatic nitrogens is 2. The van der Waals surface area contributed by atoms with Crippen molar-refractivity contribution in [3.63, 3.8) is 0 Å². The van der Waals surface area contributed by atoms with Gasteiger partial charge in [0.1, 0.15) is 11.9 Å². The van der Waals surface area contributed by atoms with Gasteiger partial charge in [0.25, 0.3) is 0 Å². The van der Waals surface area contributed by atoms with E-state index >= 15 is 0 Å². The standard InChI is InChI=1S/C37H28N2O/c1-3-4-11-27-24(2)38(33-15-8-5-12-28(27)33)25-18-20-36-31(22-25)32-23-26(19-21-37(32)40-36)39-34-16-9-6-13-29(34)30-14-7-10-17-35(30)39/h3-23,31,36H,1H2,2H3/b11-4-. The fraction of sp³-hybridized carbons (Fsp3) is 0.0811. The fourth-order valence-corrected chi connectivity index (χ4v) is 6.67. The molecule has 2 aliphatic rings. The van der Waals surface area contributed by atoms with E-state index in [0.717, 1.165) is 11.4 Å². The van der Waals surface area contributed by atoms with E-state index in [1.54, 1.807) is 0 Å². The van der Waals surface area contributed by atoms with Crippen LogP contribution in [-0.2, 0) is 0 Å². The quantitative estimate of drug-likeness (QED) is 0.214. The molecule has 3 heteroatoms. The summed E-state index contributed by atoms with van der Waals surface area (Å²) < 4.78 is 11.2. The molecule has 3 heterocycles. The lowest BCUT2D eigenvalue weighted by molar-refractivity contribution is 0.269. The van der Waals surface area contributed by atoms with Crippen molar-refractivity contribution in [3.05, 3.63) is 145 Å². The summed E-state index contributed by atoms with van der Waals surface area (Å²) >= 11 is 0. The topological polar surface area (TPSA) is 19.1 Å². The molecular formula is C37H28N2O. The van der Waals surface area contributed by atoms with E-state index in [1.807, 2.05) is 12.2 Å². The third-order valence-electron chi connectivity index (χ3n) is 8.43. The second-order valence-corrected chi connectivity index (χ2v) is 10.6. The molecule has 0 amide bonds. The van der Waals surface area contributed by atoms with Gasteiger partial charge in [-0.05, 0) is 61.5 Å². The van der Waals surface area contributed by atoms with Gasteiger partial charge < -0.3 is 13.9 Å². The minimum Gasteiger partial charge on any atom is -0.485 e. The zero-order valence-corrected chi connectivity index (χ0v) is 22.3. The van der Waals surface area contributed by atoms with E-state index in [4.69, 9.17) is 4.74 Å². The van der Waals surface area contributed by atoms with E-state index in [9.17, 15) is 0 Å². The number of nitrogens with zero attached hydrogens (tertiary/aromatic N) is 2. The Morgan fingerprint density at radius 3 is 2.12 bits per heavy atom. The predicted molar refractivity (Wildman–Crippen MR) is 167 cm³/mol. The summed E-state index contributed by atoms with van der Waals surface area (Å²) in [5, 5.41) is 3.78. The normalized spacial score (nSPS) is 17.9. The summed E-state index contributed by atoms with van der Waals surface area (Å²) in [4.78, 5) is 0. The molecule has 2 atom stereocenters. The van der Waals surface area contributed by atoms with E-state index < -0.39 is 0 Å². The van der Waals surface area contributed by atoms with Crippen LogP contribution >= 0.6 is 0 Å². The lowest BCUT2D eigenvalue weighted by Gasteiger charge is -2.21. The zero-order valence-electron chi connectivity index (χ0n) is 22.3. The van der Waals surface area contributed by atoms with Gasteiger partial charge in [0.15, 0.2) is 0 Å². The van der Waals surface area contributed by atoms with Gasteiger partial charge in [-0.2, -0.15) is 0 Å². The lowest BCUT2D eigenvalue weighted by Crippen LogP contribution is -2.18. The number of ether oxygens (including phenoxy) is 1. The molecule has 2 aromatic heterocycles. The summed E-state index contributed by atoms with van der Waals surface area (Å²) in [6, 6.07) is 32.6. The van der Waals surface area contributed by atoms with Gasteiger partial charge in [-0.1, -0.05) is 79.4 Å². The Morgan fingerprint density at radius 2 is 1.43 bits per heavy atom. The van der Waals surface area contributed by atoms with Gasteiger partial charge in [0, 0.05) is 50.3 Å². The molecule has 3 nitrogen and oxygen atoms in total. The molecule has 2 unspecified atom stereocenters. The van der Waals surface area contributed by atoms with Crippen molar-refractivity contribution >= 4 is 44.5 Å². The highest BCUT2D eigenvalue weighted by molar-refractivity contribution is 6.09. The molecule has 1 aliphatic carbocycles. The summed E-state index contributed by atoms with van der Waals surface area (Å²) in [7, 11) is 0. The highest BCUT2D eigenvalue weighted by atomic mass is 16.5. The average Bonchev–Trinajstić information content (AvgIpc) is 3.62. The van der Waals surface area contributed by atoms with Gasteiger partial charge in [-0.3, -0.25) is 0 Å². The maximum absolute atomic E-state index is 6.45. The highest BCUT2D eigenvalue weighted by Crippen LogP contribution is 2.45. The molecule has 0 fully saturated rings. The molecule has 0 radical (unpaired) electrons. The molecule has 0 saturated carbocycles. The van der Waals surface area contributed by atoms with Crippen molar-refractivity contribution in [1.29, 1.82) is 0 Å². The molecule has 192 valence electrons. The maximum atomic E-state index is 6.45. The van der Waals surface area contributed by atoms with Crippen LogP contribution in [0.4, 0.5) is 0 Å². The van der Waals surface area contributed by atoms with E-state index in [-0.39, 0.29) is 12.0 Å². The SMILES string of the molecule is C=C/C=C\c1c(C)n(C2=CC3c4cc(-n5c6ccccc6c6ccccc65)ccc4OC3C=C2)c2ccccc12. The number of para-hydroxylation sites is 3. The van der Waals surface area contributed by atoms with Gasteiger partial charge in [0.2, 0.25) is 0 Å². The molecule has 0 N–H and O–H groups in total. The van der Waals surface area contributed by atoms with Crippen LogP contribution in [0.15, 0.2) is 128 Å². The van der Waals surface area contributed by atoms with E-state index in [2.05, 4.69) is 138 Å². The first-order chi connectivity index (χ1) is 19.7. The number of rotatable bonds is 4. The predicted octanol–water partition coefficient (Wildman–Crippen LogP) is 9.20. The molecule has 40 heavy (non-hydrogen) atoms. The van der Waals surface area contributed by atoms with Crippen molar-refractivity contribution in [3.8, 4) is 11.4 Å². The fourth-order valence-electron chi connectivity index (χ4n) is 6.67. The first kappa shape index (κ1) is 22.9. The van der Waals surface area contributed by atoms with Crippen molar-refractivity contribution in [2.24, 2.45) is 0 Å². The third kappa shape index (κ3) is 3.24. The minimum absolute atomic E-state index is 0.00517. The molecule has 8 rings (SSSR count). The number of hydrogen-bond donors (Lipinski definition) is 0. The first-order valence-electron chi connectivity index (χ1n) is 13.8. The summed E-state index contributed by atoms with van der Waals surface area (Å²) in [5.74, 6) is 1.10. The number of benzene rings is 4. The minimum atomic E-state index is -0.00517. The van der Waals surface area contributed by atoms with Crippen LogP contribution in [0.5, 0.6) is 5.75 Å². The van der Waals surface area contributed by atoms with Crippen LogP contribution in [0.3, 0.4) is 0 Å². The van der Waals surface area contributed by atoms with Crippen LogP contribution < -0.4 is 4.74 Å². The first-order valence-corrected chi connectivity index (χ1v) is 13.8. The van der Waals surface area contributed by atoms with Gasteiger partial charge in [0.05, 0.1) is 16.6 Å². The summed E-state index contributed by atoms with van der Waals surface area (Å²) in [5.41, 5.74) is 9.64. The summed E-state index contributed by atoms with van der Waals surface area (Å²) in [6.07, 6.45) is 12.8. The van der Waals surface area contributed by atoms with Crippen LogP contribution in [-0.4, -0.2) is 15.2 Å². The monoisotopic (exact) mass is 516 g/mol. The van der Waals surface area contributed by atoms with Crippen LogP contribution in [0.2, 0.25) is 0 Å². The Balaban J connectivity index is 1.28. The second kappa shape index (κ2) is 8.75. The van der Waals surface area contributed by atoms with E-state index in [0.29, 0.717) is 0 Å². The number of allylic oxidation sites excluding steroid dienone is 4. The zero-order chi connectivity index (χ0) is 26.8. The molecule has 4 aromatic carbocycles. The van der Waals surface area contributed by atoms with E-state index in [1.165, 1.54) is 55.2 Å². The molecule has 0 spiro atoms. The Hall–Kier alpha value is -5.02. The van der Waals surface area contributed by atoms with Crippen LogP contribution in [0.1, 0.15) is 22.7 Å². The summed E-state index contributed by atoms with van der Waals surface area (Å²) in [6.45, 7) is 6.06. The molecular weight excluding hydrogens is 488 g/mol. The Morgan fingerprint density at radius 1 is 0.775 bits per heavy atom. The molecule has 0 saturated heterocycles. The highest BCUT2D eigenvalue weighted by Gasteiger charge is 2.34. The average molecular weight is 517 g/mol. The Labute approximate surface area is 233 Å². The number of fused-ring (bicyclic) bond motifs is 7. The van der Waals surface area contributed by atoms with Gasteiger partial charge in [-0.25, -0.2) is 0 Å². The van der Waals surface area contributed by atoms with Crippen molar-refractivity contribution in [2.75, 3.05) is 0 Å². The Kier molecular flexibility index (Phi) is 5.02. The van der Waals surface area contributed by atoms with Crippen LogP contribution in [0, 0.1) is 6.92 Å². The van der Waals surface area contributed by atoms with Crippen molar-refractivity contribution < 1.29 is 4.74 Å². The van der Waals surface area contributed by atoms with Crippen LogP contribution in [0.25, 0.3) is 50.2 Å². The van der Waals surface area contributed by atoms with Gasteiger partial charge in [-0.15, -0.1) is 0 Å². The smallest absolute Gasteiger partial charge is 0.128 e. The van der Waals surface area contributed by atoms with Crippen molar-refractivity contribution in [1.82, 2.24) is 9.13 Å². The second-order valence-electron chi connectivity index (χ2n) is 10.6. The molecule has 1 aliphatic heterocycles. The largest absolute Gasteiger partial charge is 0.485 e. The number of hydrogen-bond acceptors (Lipinski definition) is 1. The molecule has 6 aromatic rings. The molecule has 0 bridgehead atoms. The third-order valence-corrected chi connectivity index (χ3v) is 8.43. The van der Waals surface area contributed by atoms with Gasteiger partial charge >= 0.3 is 0 Å². The van der Waals surface area contributed by atoms with Crippen molar-refractivity contribution in [2.45, 2.75) is 18.9 Å².